The molecule has 34 heavy (non-hydrogen) atoms. The van der Waals surface area contributed by atoms with Crippen LogP contribution in [0.2, 0.25) is 0 Å². The van der Waals surface area contributed by atoms with Gasteiger partial charge in [-0.1, -0.05) is 24.3 Å². The monoisotopic (exact) mass is 457 g/mol. The second-order valence-corrected chi connectivity index (χ2v) is 8.05. The summed E-state index contributed by atoms with van der Waals surface area (Å²) in [5.41, 5.74) is 4.66. The first kappa shape index (κ1) is 21.7. The number of aromatic nitrogens is 2. The maximum absolute atomic E-state index is 13.5. The Labute approximate surface area is 196 Å². The molecule has 4 aromatic rings. The first-order chi connectivity index (χ1) is 16.6. The molecule has 1 amide bonds. The number of halogens is 1. The highest BCUT2D eigenvalue weighted by molar-refractivity contribution is 6.00. The maximum atomic E-state index is 13.5. The Morgan fingerprint density at radius 1 is 0.971 bits per heavy atom. The largest absolute Gasteiger partial charge is 0.497 e. The van der Waals surface area contributed by atoms with Crippen LogP contribution < -0.4 is 9.47 Å². The molecule has 0 radical (unpaired) electrons. The third-order valence-electron chi connectivity index (χ3n) is 6.00. The molecule has 2 heterocycles. The molecule has 0 spiro atoms. The summed E-state index contributed by atoms with van der Waals surface area (Å²) >= 11 is 0. The zero-order valence-electron chi connectivity index (χ0n) is 18.9. The van der Waals surface area contributed by atoms with Crippen molar-refractivity contribution in [3.8, 4) is 22.8 Å². The van der Waals surface area contributed by atoms with Crippen LogP contribution >= 0.6 is 0 Å². The summed E-state index contributed by atoms with van der Waals surface area (Å²) in [7, 11) is 1.62. The summed E-state index contributed by atoms with van der Waals surface area (Å²) in [5.74, 6) is 1.05. The summed E-state index contributed by atoms with van der Waals surface area (Å²) < 4.78 is 24.3. The number of carbonyl (C=O) groups excluding carboxylic acids is 1. The van der Waals surface area contributed by atoms with Gasteiger partial charge in [-0.25, -0.2) is 4.39 Å². The molecule has 0 bridgehead atoms. The summed E-state index contributed by atoms with van der Waals surface area (Å²) in [4.78, 5) is 15.3. The van der Waals surface area contributed by atoms with E-state index in [2.05, 4.69) is 10.2 Å². The van der Waals surface area contributed by atoms with Crippen molar-refractivity contribution in [3.05, 3.63) is 101 Å². The number of nitrogens with one attached hydrogen (secondary N) is 1. The van der Waals surface area contributed by atoms with Gasteiger partial charge in [0, 0.05) is 17.7 Å². The number of nitrogens with zero attached hydrogens (tertiary/aromatic N) is 2. The fourth-order valence-corrected chi connectivity index (χ4v) is 4.37. The van der Waals surface area contributed by atoms with Crippen molar-refractivity contribution in [1.29, 1.82) is 0 Å². The Morgan fingerprint density at radius 2 is 1.65 bits per heavy atom. The van der Waals surface area contributed by atoms with E-state index in [9.17, 15) is 9.18 Å². The van der Waals surface area contributed by atoms with Crippen LogP contribution in [0.3, 0.4) is 0 Å². The number of rotatable bonds is 7. The number of methoxy groups -OCH3 is 1. The van der Waals surface area contributed by atoms with E-state index in [0.29, 0.717) is 24.5 Å². The minimum absolute atomic E-state index is 0.148. The van der Waals surface area contributed by atoms with Gasteiger partial charge in [0.2, 0.25) is 0 Å². The minimum atomic E-state index is -0.362. The lowest BCUT2D eigenvalue weighted by molar-refractivity contribution is 0.0730. The smallest absolute Gasteiger partial charge is 0.273 e. The van der Waals surface area contributed by atoms with Crippen LogP contribution in [0.1, 0.15) is 40.1 Å². The van der Waals surface area contributed by atoms with Crippen LogP contribution in [-0.4, -0.2) is 34.7 Å². The summed E-state index contributed by atoms with van der Waals surface area (Å²) in [6.45, 7) is 2.85. The fourth-order valence-electron chi connectivity index (χ4n) is 4.37. The van der Waals surface area contributed by atoms with E-state index in [1.165, 1.54) is 12.1 Å². The highest BCUT2D eigenvalue weighted by Gasteiger charge is 2.42. The van der Waals surface area contributed by atoms with Gasteiger partial charge in [0.1, 0.15) is 23.0 Å². The number of H-pyrrole nitrogens is 1. The van der Waals surface area contributed by atoms with E-state index in [-0.39, 0.29) is 17.8 Å². The number of ether oxygens (including phenoxy) is 2. The van der Waals surface area contributed by atoms with Crippen molar-refractivity contribution >= 4 is 5.91 Å². The fraction of sp³-hybridized carbons (Fsp3) is 0.185. The molecule has 0 saturated heterocycles. The van der Waals surface area contributed by atoms with Crippen LogP contribution in [0.5, 0.6) is 11.5 Å². The number of carbonyl (C=O) groups is 1. The van der Waals surface area contributed by atoms with E-state index in [1.807, 2.05) is 55.5 Å². The first-order valence-corrected chi connectivity index (χ1v) is 11.1. The SMILES string of the molecule is CCOc1ccc(C2c3c(-c4ccc(OC)cc4)n[nH]c3C(=O)N2Cc2ccc(F)cc2)cc1. The average molecular weight is 458 g/mol. The zero-order valence-corrected chi connectivity index (χ0v) is 18.9. The van der Waals surface area contributed by atoms with Crippen molar-refractivity contribution in [2.75, 3.05) is 13.7 Å². The number of hydrogen-bond donors (Lipinski definition) is 1. The van der Waals surface area contributed by atoms with E-state index in [1.54, 1.807) is 24.1 Å². The molecule has 1 atom stereocenters. The van der Waals surface area contributed by atoms with Crippen molar-refractivity contribution in [2.24, 2.45) is 0 Å². The van der Waals surface area contributed by atoms with Crippen LogP contribution in [-0.2, 0) is 6.54 Å². The van der Waals surface area contributed by atoms with Crippen LogP contribution in [0.4, 0.5) is 4.39 Å². The lowest BCUT2D eigenvalue weighted by Gasteiger charge is -2.26. The minimum Gasteiger partial charge on any atom is -0.497 e. The summed E-state index contributed by atoms with van der Waals surface area (Å²) in [5, 5.41) is 7.46. The van der Waals surface area contributed by atoms with Crippen molar-refractivity contribution in [2.45, 2.75) is 19.5 Å². The molecule has 3 aromatic carbocycles. The van der Waals surface area contributed by atoms with Gasteiger partial charge in [-0.15, -0.1) is 0 Å². The van der Waals surface area contributed by atoms with Crippen molar-refractivity contribution in [1.82, 2.24) is 15.1 Å². The van der Waals surface area contributed by atoms with Gasteiger partial charge in [0.05, 0.1) is 25.5 Å². The van der Waals surface area contributed by atoms with Crippen molar-refractivity contribution < 1.29 is 18.7 Å². The highest BCUT2D eigenvalue weighted by atomic mass is 19.1. The molecule has 1 N–H and O–H groups in total. The van der Waals surface area contributed by atoms with Gasteiger partial charge in [-0.05, 0) is 66.6 Å². The molecule has 0 aliphatic carbocycles. The van der Waals surface area contributed by atoms with E-state index in [0.717, 1.165) is 33.8 Å². The van der Waals surface area contributed by atoms with E-state index < -0.39 is 0 Å². The zero-order chi connectivity index (χ0) is 23.7. The van der Waals surface area contributed by atoms with Crippen LogP contribution in [0.25, 0.3) is 11.3 Å². The number of benzene rings is 3. The molecule has 1 aromatic heterocycles. The van der Waals surface area contributed by atoms with Gasteiger partial charge < -0.3 is 14.4 Å². The number of aromatic amines is 1. The summed E-state index contributed by atoms with van der Waals surface area (Å²) in [6, 6.07) is 21.2. The molecule has 0 saturated carbocycles. The number of amides is 1. The van der Waals surface area contributed by atoms with Gasteiger partial charge in [0.25, 0.3) is 5.91 Å². The summed E-state index contributed by atoms with van der Waals surface area (Å²) in [6.07, 6.45) is 0. The molecule has 6 nitrogen and oxygen atoms in total. The van der Waals surface area contributed by atoms with Gasteiger partial charge in [-0.3, -0.25) is 9.89 Å². The molecular weight excluding hydrogens is 433 g/mol. The number of fused-ring (bicyclic) bond motifs is 1. The second kappa shape index (κ2) is 9.02. The van der Waals surface area contributed by atoms with Crippen molar-refractivity contribution in [3.63, 3.8) is 0 Å². The lowest BCUT2D eigenvalue weighted by Crippen LogP contribution is -2.29. The van der Waals surface area contributed by atoms with Gasteiger partial charge >= 0.3 is 0 Å². The number of hydrogen-bond acceptors (Lipinski definition) is 4. The third-order valence-corrected chi connectivity index (χ3v) is 6.00. The molecular formula is C27H24FN3O3. The molecule has 1 aliphatic rings. The van der Waals surface area contributed by atoms with E-state index in [4.69, 9.17) is 9.47 Å². The molecule has 172 valence electrons. The highest BCUT2D eigenvalue weighted by Crippen LogP contribution is 2.44. The predicted molar refractivity (Wildman–Crippen MR) is 126 cm³/mol. The molecule has 5 rings (SSSR count). The second-order valence-electron chi connectivity index (χ2n) is 8.05. The average Bonchev–Trinajstić information content (AvgIpc) is 3.40. The topological polar surface area (TPSA) is 67.5 Å². The lowest BCUT2D eigenvalue weighted by atomic mass is 9.95. The molecule has 0 fully saturated rings. The van der Waals surface area contributed by atoms with E-state index >= 15 is 0 Å². The van der Waals surface area contributed by atoms with Gasteiger partial charge in [-0.2, -0.15) is 5.10 Å². The molecule has 1 unspecified atom stereocenters. The third kappa shape index (κ3) is 3.90. The Hall–Kier alpha value is -4.13. The Bertz CT molecular complexity index is 1300. The maximum Gasteiger partial charge on any atom is 0.273 e. The first-order valence-electron chi connectivity index (χ1n) is 11.1. The molecule has 1 aliphatic heterocycles. The Kier molecular flexibility index (Phi) is 5.76. The predicted octanol–water partition coefficient (Wildman–Crippen LogP) is 5.37. The quantitative estimate of drug-likeness (QED) is 0.405. The molecule has 7 heteroatoms. The normalized spacial score (nSPS) is 14.9. The Balaban J connectivity index is 1.59. The van der Waals surface area contributed by atoms with Crippen LogP contribution in [0.15, 0.2) is 72.8 Å². The Morgan fingerprint density at radius 3 is 2.29 bits per heavy atom. The van der Waals surface area contributed by atoms with Gasteiger partial charge in [0.15, 0.2) is 0 Å². The van der Waals surface area contributed by atoms with Crippen LogP contribution in [0, 0.1) is 5.82 Å². The standard InChI is InChI=1S/C27H24FN3O3/c1-3-34-22-14-8-19(9-15-22)26-23-24(18-6-12-21(33-2)13-7-18)29-30-25(23)27(32)31(26)16-17-4-10-20(28)11-5-17/h4-15,26H,3,16H2,1-2H3,(H,29,30).